The van der Waals surface area contributed by atoms with E-state index in [2.05, 4.69) is 5.32 Å². The lowest BCUT2D eigenvalue weighted by atomic mass is 9.94. The van der Waals surface area contributed by atoms with Crippen molar-refractivity contribution in [3.05, 3.63) is 45.9 Å². The number of rotatable bonds is 3. The second-order valence-electron chi connectivity index (χ2n) is 9.10. The average Bonchev–Trinajstić information content (AvgIpc) is 3.28. The van der Waals surface area contributed by atoms with Crippen molar-refractivity contribution in [3.8, 4) is 0 Å². The van der Waals surface area contributed by atoms with E-state index in [0.717, 1.165) is 56.9 Å². The van der Waals surface area contributed by atoms with E-state index in [-0.39, 0.29) is 23.6 Å². The van der Waals surface area contributed by atoms with Gasteiger partial charge in [-0.1, -0.05) is 30.3 Å². The molecule has 0 spiro atoms. The highest BCUT2D eigenvalue weighted by atomic mass is 16.2. The number of amides is 1. The normalized spacial score (nSPS) is 18.1. The zero-order valence-electron chi connectivity index (χ0n) is 18.1. The Kier molecular flexibility index (Phi) is 5.12. The van der Waals surface area contributed by atoms with E-state index in [0.29, 0.717) is 28.1 Å². The van der Waals surface area contributed by atoms with Crippen molar-refractivity contribution in [2.75, 3.05) is 5.73 Å². The van der Waals surface area contributed by atoms with Crippen molar-refractivity contribution in [1.29, 1.82) is 0 Å². The Hall–Kier alpha value is -2.96. The van der Waals surface area contributed by atoms with Gasteiger partial charge in [0, 0.05) is 17.8 Å². The number of carbonyl (C=O) groups excluding carboxylic acids is 1. The van der Waals surface area contributed by atoms with E-state index < -0.39 is 0 Å². The van der Waals surface area contributed by atoms with Crippen LogP contribution < -0.4 is 21.2 Å². The molecule has 2 aliphatic carbocycles. The summed E-state index contributed by atoms with van der Waals surface area (Å²) in [5, 5.41) is 3.58. The first-order valence-electron chi connectivity index (χ1n) is 11.5. The molecule has 31 heavy (non-hydrogen) atoms. The molecule has 3 aromatic heterocycles. The molecule has 3 N–H and O–H groups in total. The molecule has 0 unspecified atom stereocenters. The lowest BCUT2D eigenvalue weighted by Crippen LogP contribution is -2.47. The Morgan fingerprint density at radius 3 is 2.61 bits per heavy atom. The average molecular weight is 421 g/mol. The smallest absolute Gasteiger partial charge is 0.278 e. The van der Waals surface area contributed by atoms with E-state index in [1.54, 1.807) is 16.7 Å². The van der Waals surface area contributed by atoms with Gasteiger partial charge in [-0.3, -0.25) is 14.0 Å². The van der Waals surface area contributed by atoms with Crippen LogP contribution in [0.2, 0.25) is 0 Å². The second kappa shape index (κ2) is 7.94. The van der Waals surface area contributed by atoms with Gasteiger partial charge >= 0.3 is 0 Å². The maximum Gasteiger partial charge on any atom is 0.278 e. The summed E-state index contributed by atoms with van der Waals surface area (Å²) in [6, 6.07) is 5.78. The van der Waals surface area contributed by atoms with Crippen LogP contribution in [0, 0.1) is 6.92 Å². The van der Waals surface area contributed by atoms with E-state index >= 15 is 0 Å². The Morgan fingerprint density at radius 1 is 1.16 bits per heavy atom. The summed E-state index contributed by atoms with van der Waals surface area (Å²) in [5.74, 6) is 0.226. The fourth-order valence-corrected chi connectivity index (χ4v) is 5.30. The molecular formula is C24H30N5O2+. The molecule has 0 atom stereocenters. The van der Waals surface area contributed by atoms with E-state index in [1.807, 2.05) is 23.6 Å². The van der Waals surface area contributed by atoms with Gasteiger partial charge in [-0.25, -0.2) is 4.57 Å². The van der Waals surface area contributed by atoms with Crippen LogP contribution in [0.5, 0.6) is 0 Å². The van der Waals surface area contributed by atoms with Crippen LogP contribution in [-0.2, 0) is 0 Å². The monoisotopic (exact) mass is 420 g/mol. The minimum Gasteiger partial charge on any atom is -0.349 e. The van der Waals surface area contributed by atoms with Crippen molar-refractivity contribution in [2.24, 2.45) is 0 Å². The third-order valence-electron chi connectivity index (χ3n) is 6.99. The minimum atomic E-state index is -0.190. The molecule has 2 saturated carbocycles. The topological polar surface area (TPSA) is 93.4 Å². The molecule has 3 heterocycles. The summed E-state index contributed by atoms with van der Waals surface area (Å²) < 4.78 is 3.55. The maximum absolute atomic E-state index is 13.4. The molecule has 162 valence electrons. The van der Waals surface area contributed by atoms with Crippen LogP contribution in [0.15, 0.2) is 29.2 Å². The molecule has 1 amide bonds. The fraction of sp³-hybridized carbons (Fsp3) is 0.500. The van der Waals surface area contributed by atoms with Crippen molar-refractivity contribution in [3.63, 3.8) is 0 Å². The van der Waals surface area contributed by atoms with Crippen LogP contribution in [0.4, 0.5) is 5.82 Å². The molecule has 3 aromatic rings. The number of hydrogen-bond acceptors (Lipinski definition) is 4. The van der Waals surface area contributed by atoms with E-state index in [1.165, 1.54) is 6.42 Å². The number of nitrogens with zero attached hydrogens (tertiary/aromatic N) is 3. The maximum atomic E-state index is 13.4. The molecule has 0 aliphatic heterocycles. The first kappa shape index (κ1) is 20.0. The first-order valence-corrected chi connectivity index (χ1v) is 11.5. The highest BCUT2D eigenvalue weighted by Gasteiger charge is 2.31. The number of aryl methyl sites for hydroxylation is 1. The number of aromatic nitrogens is 3. The highest BCUT2D eigenvalue weighted by molar-refractivity contribution is 6.00. The van der Waals surface area contributed by atoms with Gasteiger partial charge in [0.1, 0.15) is 10.9 Å². The summed E-state index contributed by atoms with van der Waals surface area (Å²) in [5.41, 5.74) is 9.01. The SMILES string of the molecule is Cc1cccn2c(=O)c3cc(C(=O)NC4CCCC4)c(N)[n+](C4CCCCC4)c3nc12. The molecule has 2 aliphatic rings. The zero-order chi connectivity index (χ0) is 21.5. The molecule has 0 radical (unpaired) electrons. The number of pyridine rings is 2. The number of hydrogen-bond donors (Lipinski definition) is 2. The Labute approximate surface area is 181 Å². The highest BCUT2D eigenvalue weighted by Crippen LogP contribution is 2.28. The lowest BCUT2D eigenvalue weighted by molar-refractivity contribution is -0.689. The van der Waals surface area contributed by atoms with E-state index in [9.17, 15) is 9.59 Å². The van der Waals surface area contributed by atoms with Crippen molar-refractivity contribution >= 4 is 28.4 Å². The number of nitrogens with one attached hydrogen (secondary N) is 1. The molecule has 2 fully saturated rings. The van der Waals surface area contributed by atoms with Gasteiger partial charge in [0.2, 0.25) is 11.5 Å². The van der Waals surface area contributed by atoms with Gasteiger partial charge in [0.15, 0.2) is 0 Å². The number of nitrogen functional groups attached to an aromatic ring is 1. The Balaban J connectivity index is 1.75. The molecular weight excluding hydrogens is 390 g/mol. The Morgan fingerprint density at radius 2 is 1.87 bits per heavy atom. The third-order valence-corrected chi connectivity index (χ3v) is 6.99. The van der Waals surface area contributed by atoms with Crippen LogP contribution in [-0.4, -0.2) is 21.3 Å². The lowest BCUT2D eigenvalue weighted by Gasteiger charge is -2.24. The van der Waals surface area contributed by atoms with Crippen LogP contribution in [0.3, 0.4) is 0 Å². The number of nitrogens with two attached hydrogens (primary N) is 1. The number of anilines is 1. The van der Waals surface area contributed by atoms with Crippen molar-refractivity contribution in [1.82, 2.24) is 14.7 Å². The molecule has 0 aromatic carbocycles. The van der Waals surface area contributed by atoms with Gasteiger partial charge in [0.25, 0.3) is 17.1 Å². The molecule has 5 rings (SSSR count). The zero-order valence-corrected chi connectivity index (χ0v) is 18.1. The molecule has 0 saturated heterocycles. The number of fused-ring (bicyclic) bond motifs is 2. The first-order chi connectivity index (χ1) is 15.0. The van der Waals surface area contributed by atoms with Crippen molar-refractivity contribution < 1.29 is 9.36 Å². The van der Waals surface area contributed by atoms with Crippen LogP contribution >= 0.6 is 0 Å². The standard InChI is InChI=1S/C24H29N5O2/c1-15-8-7-13-28-21(15)27-22-19(24(28)31)14-18(23(30)26-16-9-5-6-10-16)20(25)29(22)17-11-3-2-4-12-17/h7-8,13-14,16-17,25H,2-6,9-12H2,1H3,(H,26,30)/p+1. The van der Waals surface area contributed by atoms with Gasteiger partial charge in [-0.05, 0) is 57.6 Å². The minimum absolute atomic E-state index is 0.147. The molecule has 7 heteroatoms. The number of carbonyl (C=O) groups is 1. The third kappa shape index (κ3) is 3.46. The Bertz CT molecular complexity index is 1220. The molecule has 0 bridgehead atoms. The van der Waals surface area contributed by atoms with Crippen LogP contribution in [0.25, 0.3) is 16.7 Å². The predicted molar refractivity (Wildman–Crippen MR) is 120 cm³/mol. The second-order valence-corrected chi connectivity index (χ2v) is 9.10. The van der Waals surface area contributed by atoms with Gasteiger partial charge < -0.3 is 11.1 Å². The van der Waals surface area contributed by atoms with Gasteiger partial charge in [0.05, 0.1) is 6.04 Å². The molecule has 7 nitrogen and oxygen atoms in total. The summed E-state index contributed by atoms with van der Waals surface area (Å²) in [6.45, 7) is 1.95. The van der Waals surface area contributed by atoms with E-state index in [4.69, 9.17) is 10.7 Å². The quantitative estimate of drug-likeness (QED) is 0.503. The summed E-state index contributed by atoms with van der Waals surface area (Å²) in [4.78, 5) is 31.5. The van der Waals surface area contributed by atoms with Gasteiger partial charge in [-0.2, -0.15) is 0 Å². The largest absolute Gasteiger partial charge is 0.349 e. The van der Waals surface area contributed by atoms with Gasteiger partial charge in [-0.15, -0.1) is 0 Å². The van der Waals surface area contributed by atoms with Crippen LogP contribution in [0.1, 0.15) is 79.8 Å². The predicted octanol–water partition coefficient (Wildman–Crippen LogP) is 3.20. The van der Waals surface area contributed by atoms with Crippen molar-refractivity contribution in [2.45, 2.75) is 76.8 Å². The summed E-state index contributed by atoms with van der Waals surface area (Å²) >= 11 is 0. The summed E-state index contributed by atoms with van der Waals surface area (Å²) in [7, 11) is 0. The summed E-state index contributed by atoms with van der Waals surface area (Å²) in [6.07, 6.45) is 11.4. The fourth-order valence-electron chi connectivity index (χ4n) is 5.30.